The lowest BCUT2D eigenvalue weighted by Gasteiger charge is -2.22. The number of pyridine rings is 1. The van der Waals surface area contributed by atoms with Crippen LogP contribution in [0.15, 0.2) is 59.5 Å². The number of rotatable bonds is 6. The molecule has 2 aromatic carbocycles. The molecule has 6 nitrogen and oxygen atoms in total. The van der Waals surface area contributed by atoms with Crippen molar-refractivity contribution in [1.82, 2.24) is 4.57 Å². The summed E-state index contributed by atoms with van der Waals surface area (Å²) in [6.45, 7) is 7.58. The van der Waals surface area contributed by atoms with Crippen molar-refractivity contribution in [3.63, 3.8) is 0 Å². The number of amides is 1. The fourth-order valence-corrected chi connectivity index (χ4v) is 3.70. The number of nitrogens with one attached hydrogen (secondary N) is 1. The lowest BCUT2D eigenvalue weighted by molar-refractivity contribution is -0.146. The molecule has 0 radical (unpaired) electrons. The molecule has 0 bridgehead atoms. The molecule has 1 N–H and O–H groups in total. The first-order valence-corrected chi connectivity index (χ1v) is 10.3. The van der Waals surface area contributed by atoms with Crippen LogP contribution in [0, 0.1) is 12.8 Å². The molecule has 2 atom stereocenters. The summed E-state index contributed by atoms with van der Waals surface area (Å²) in [7, 11) is 1.31. The number of aromatic nitrogens is 1. The molecule has 0 unspecified atom stereocenters. The molecule has 3 aromatic rings. The van der Waals surface area contributed by atoms with E-state index in [2.05, 4.69) is 5.32 Å². The Hall–Kier alpha value is -3.41. The number of anilines is 1. The van der Waals surface area contributed by atoms with Crippen LogP contribution in [-0.4, -0.2) is 23.6 Å². The van der Waals surface area contributed by atoms with Crippen molar-refractivity contribution in [2.45, 2.75) is 39.7 Å². The first kappa shape index (κ1) is 22.3. The highest BCUT2D eigenvalue weighted by Gasteiger charge is 2.26. The summed E-state index contributed by atoms with van der Waals surface area (Å²) in [6, 6.07) is 14.1. The highest BCUT2D eigenvalue weighted by atomic mass is 16.5. The van der Waals surface area contributed by atoms with E-state index < -0.39 is 12.0 Å². The third-order valence-corrected chi connectivity index (χ3v) is 5.58. The maximum atomic E-state index is 13.2. The van der Waals surface area contributed by atoms with Gasteiger partial charge in [-0.25, -0.2) is 4.79 Å². The molecular formula is C25H28N2O4. The van der Waals surface area contributed by atoms with Crippen LogP contribution in [-0.2, 0) is 14.3 Å². The minimum Gasteiger partial charge on any atom is -0.467 e. The number of nitrogens with zero attached hydrogens (tertiary/aromatic N) is 1. The molecule has 3 rings (SSSR count). The molecule has 1 amide bonds. The molecule has 1 aromatic heterocycles. The fraction of sp³-hybridized carbons (Fsp3) is 0.320. The summed E-state index contributed by atoms with van der Waals surface area (Å²) >= 11 is 0. The first-order valence-electron chi connectivity index (χ1n) is 10.3. The zero-order valence-corrected chi connectivity index (χ0v) is 18.5. The standard InChI is InChI=1S/C25H28N2O4/c1-15(2)22(25(30)31-5)27-14-13-19-20(24(27)29)7-6-8-21(19)26-23(28)17(4)18-11-9-16(3)10-12-18/h6-15,17,22H,1-5H3,(H,26,28)/t17-,22+/m0/s1. The van der Waals surface area contributed by atoms with E-state index in [0.717, 1.165) is 11.1 Å². The zero-order valence-electron chi connectivity index (χ0n) is 18.5. The van der Waals surface area contributed by atoms with E-state index in [-0.39, 0.29) is 23.3 Å². The van der Waals surface area contributed by atoms with E-state index in [1.54, 1.807) is 30.5 Å². The second-order valence-electron chi connectivity index (χ2n) is 8.13. The van der Waals surface area contributed by atoms with Gasteiger partial charge in [-0.3, -0.25) is 9.59 Å². The number of hydrogen-bond donors (Lipinski definition) is 1. The summed E-state index contributed by atoms with van der Waals surface area (Å²) in [5.41, 5.74) is 2.31. The molecule has 0 saturated carbocycles. The smallest absolute Gasteiger partial charge is 0.329 e. The quantitative estimate of drug-likeness (QED) is 0.599. The maximum absolute atomic E-state index is 13.2. The number of methoxy groups -OCH3 is 1. The van der Waals surface area contributed by atoms with Crippen molar-refractivity contribution in [3.8, 4) is 0 Å². The van der Waals surface area contributed by atoms with Gasteiger partial charge in [0.1, 0.15) is 6.04 Å². The van der Waals surface area contributed by atoms with Crippen molar-refractivity contribution >= 4 is 28.3 Å². The molecule has 1 heterocycles. The van der Waals surface area contributed by atoms with Gasteiger partial charge in [0, 0.05) is 22.7 Å². The van der Waals surface area contributed by atoms with Crippen LogP contribution >= 0.6 is 0 Å². The van der Waals surface area contributed by atoms with Crippen LogP contribution in [0.1, 0.15) is 43.9 Å². The third kappa shape index (κ3) is 4.53. The van der Waals surface area contributed by atoms with Crippen LogP contribution in [0.4, 0.5) is 5.69 Å². The first-order chi connectivity index (χ1) is 14.7. The molecule has 0 aliphatic rings. The van der Waals surface area contributed by atoms with Crippen molar-refractivity contribution < 1.29 is 14.3 Å². The molecule has 162 valence electrons. The SMILES string of the molecule is COC(=O)[C@@H](C(C)C)n1ccc2c(NC(=O)[C@@H](C)c3ccc(C)cc3)cccc2c1=O. The largest absolute Gasteiger partial charge is 0.467 e. The molecule has 0 saturated heterocycles. The molecule has 0 spiro atoms. The van der Waals surface area contributed by atoms with Gasteiger partial charge in [0.05, 0.1) is 13.0 Å². The van der Waals surface area contributed by atoms with E-state index in [0.29, 0.717) is 16.5 Å². The number of aryl methyl sites for hydroxylation is 1. The van der Waals surface area contributed by atoms with Gasteiger partial charge in [0.25, 0.3) is 5.56 Å². The number of benzene rings is 2. The average molecular weight is 421 g/mol. The average Bonchev–Trinajstić information content (AvgIpc) is 2.75. The van der Waals surface area contributed by atoms with Gasteiger partial charge in [-0.05, 0) is 43.5 Å². The zero-order chi connectivity index (χ0) is 22.7. The summed E-state index contributed by atoms with van der Waals surface area (Å²) < 4.78 is 6.29. The molecule has 31 heavy (non-hydrogen) atoms. The normalized spacial score (nSPS) is 13.1. The molecule has 0 aliphatic carbocycles. The predicted octanol–water partition coefficient (Wildman–Crippen LogP) is 4.42. The van der Waals surface area contributed by atoms with Crippen molar-refractivity contribution in [2.75, 3.05) is 12.4 Å². The topological polar surface area (TPSA) is 77.4 Å². The predicted molar refractivity (Wildman–Crippen MR) is 122 cm³/mol. The Balaban J connectivity index is 1.97. The minimum absolute atomic E-state index is 0.124. The molecule has 0 aliphatic heterocycles. The number of esters is 1. The molecule has 6 heteroatoms. The Kier molecular flexibility index (Phi) is 6.59. The lowest BCUT2D eigenvalue weighted by Crippen LogP contribution is -2.33. The van der Waals surface area contributed by atoms with Crippen molar-refractivity contribution in [2.24, 2.45) is 5.92 Å². The van der Waals surface area contributed by atoms with Crippen LogP contribution in [0.25, 0.3) is 10.8 Å². The maximum Gasteiger partial charge on any atom is 0.329 e. The van der Waals surface area contributed by atoms with Gasteiger partial charge >= 0.3 is 5.97 Å². The summed E-state index contributed by atoms with van der Waals surface area (Å²) in [5, 5.41) is 4.01. The van der Waals surface area contributed by atoms with Gasteiger partial charge in [-0.2, -0.15) is 0 Å². The fourth-order valence-electron chi connectivity index (χ4n) is 3.70. The van der Waals surface area contributed by atoms with E-state index >= 15 is 0 Å². The Morgan fingerprint density at radius 1 is 0.968 bits per heavy atom. The highest BCUT2D eigenvalue weighted by molar-refractivity contribution is 6.03. The van der Waals surface area contributed by atoms with E-state index in [1.807, 2.05) is 52.0 Å². The summed E-state index contributed by atoms with van der Waals surface area (Å²) in [6.07, 6.45) is 1.59. The molecular weight excluding hydrogens is 392 g/mol. The number of carbonyl (C=O) groups is 2. The Labute approximate surface area is 181 Å². The van der Waals surface area contributed by atoms with Crippen LogP contribution in [0.5, 0.6) is 0 Å². The summed E-state index contributed by atoms with van der Waals surface area (Å²) in [4.78, 5) is 38.3. The Morgan fingerprint density at radius 2 is 1.65 bits per heavy atom. The second kappa shape index (κ2) is 9.16. The lowest BCUT2D eigenvalue weighted by atomic mass is 9.99. The Bertz CT molecular complexity index is 1160. The third-order valence-electron chi connectivity index (χ3n) is 5.58. The molecule has 0 fully saturated rings. The van der Waals surface area contributed by atoms with Crippen LogP contribution in [0.3, 0.4) is 0 Å². The van der Waals surface area contributed by atoms with Gasteiger partial charge < -0.3 is 14.6 Å². The van der Waals surface area contributed by atoms with Crippen molar-refractivity contribution in [3.05, 3.63) is 76.2 Å². The van der Waals surface area contributed by atoms with E-state index in [9.17, 15) is 14.4 Å². The van der Waals surface area contributed by atoms with E-state index in [4.69, 9.17) is 4.74 Å². The number of fused-ring (bicyclic) bond motifs is 1. The van der Waals surface area contributed by atoms with Gasteiger partial charge in [0.2, 0.25) is 5.91 Å². The number of ether oxygens (including phenoxy) is 1. The van der Waals surface area contributed by atoms with Crippen LogP contribution < -0.4 is 10.9 Å². The van der Waals surface area contributed by atoms with Crippen molar-refractivity contribution in [1.29, 1.82) is 0 Å². The highest BCUT2D eigenvalue weighted by Crippen LogP contribution is 2.25. The minimum atomic E-state index is -0.721. The summed E-state index contributed by atoms with van der Waals surface area (Å²) in [5.74, 6) is -1.09. The number of hydrogen-bond acceptors (Lipinski definition) is 4. The second-order valence-corrected chi connectivity index (χ2v) is 8.13. The Morgan fingerprint density at radius 3 is 2.26 bits per heavy atom. The van der Waals surface area contributed by atoms with Crippen LogP contribution in [0.2, 0.25) is 0 Å². The van der Waals surface area contributed by atoms with Gasteiger partial charge in [0.15, 0.2) is 0 Å². The number of carbonyl (C=O) groups excluding carboxylic acids is 2. The van der Waals surface area contributed by atoms with Gasteiger partial charge in [-0.15, -0.1) is 0 Å². The van der Waals surface area contributed by atoms with Gasteiger partial charge in [-0.1, -0.05) is 49.7 Å². The van der Waals surface area contributed by atoms with E-state index in [1.165, 1.54) is 11.7 Å². The monoisotopic (exact) mass is 420 g/mol.